The molecular formula is C11H18N4O. The number of hydrogen-bond donors (Lipinski definition) is 3. The fraction of sp³-hybridized carbons (Fsp3) is 0.636. The zero-order valence-electron chi connectivity index (χ0n) is 9.55. The number of H-pyrrole nitrogens is 1. The molecule has 0 unspecified atom stereocenters. The largest absolute Gasteiger partial charge is 0.370 e. The van der Waals surface area contributed by atoms with E-state index >= 15 is 0 Å². The SMILES string of the molecule is Cc1nc(NCCCNC2CC2)cc(=O)[nH]1. The first-order valence-electron chi connectivity index (χ1n) is 5.79. The van der Waals surface area contributed by atoms with Gasteiger partial charge in [0.2, 0.25) is 0 Å². The lowest BCUT2D eigenvalue weighted by Crippen LogP contribution is -2.20. The normalized spacial score (nSPS) is 15.1. The number of hydrogen-bond acceptors (Lipinski definition) is 4. The second-order valence-corrected chi connectivity index (χ2v) is 4.22. The van der Waals surface area contributed by atoms with Crippen LogP contribution in [0.5, 0.6) is 0 Å². The van der Waals surface area contributed by atoms with Gasteiger partial charge in [-0.2, -0.15) is 0 Å². The Kier molecular flexibility index (Phi) is 3.56. The molecule has 2 rings (SSSR count). The Balaban J connectivity index is 1.69. The van der Waals surface area contributed by atoms with Crippen LogP contribution in [-0.4, -0.2) is 29.1 Å². The molecule has 5 nitrogen and oxygen atoms in total. The Morgan fingerprint density at radius 3 is 3.00 bits per heavy atom. The highest BCUT2D eigenvalue weighted by molar-refractivity contribution is 5.32. The highest BCUT2D eigenvalue weighted by Gasteiger charge is 2.19. The van der Waals surface area contributed by atoms with Crippen molar-refractivity contribution in [2.75, 3.05) is 18.4 Å². The zero-order chi connectivity index (χ0) is 11.4. The van der Waals surface area contributed by atoms with Gasteiger partial charge in [-0.3, -0.25) is 4.79 Å². The van der Waals surface area contributed by atoms with Gasteiger partial charge in [0.05, 0.1) is 0 Å². The third-order valence-electron chi connectivity index (χ3n) is 2.53. The lowest BCUT2D eigenvalue weighted by atomic mass is 10.4. The lowest BCUT2D eigenvalue weighted by molar-refractivity contribution is 0.658. The van der Waals surface area contributed by atoms with Crippen LogP contribution in [0.1, 0.15) is 25.1 Å². The molecule has 1 aromatic rings. The van der Waals surface area contributed by atoms with Gasteiger partial charge in [0.15, 0.2) is 0 Å². The minimum Gasteiger partial charge on any atom is -0.370 e. The molecule has 1 aromatic heterocycles. The molecule has 1 fully saturated rings. The highest BCUT2D eigenvalue weighted by atomic mass is 16.1. The van der Waals surface area contributed by atoms with Crippen LogP contribution in [0, 0.1) is 6.92 Å². The average molecular weight is 222 g/mol. The smallest absolute Gasteiger partial charge is 0.252 e. The van der Waals surface area contributed by atoms with E-state index in [2.05, 4.69) is 20.6 Å². The minimum atomic E-state index is -0.105. The van der Waals surface area contributed by atoms with Crippen molar-refractivity contribution in [3.05, 3.63) is 22.2 Å². The molecule has 0 atom stereocenters. The summed E-state index contributed by atoms with van der Waals surface area (Å²) in [4.78, 5) is 18.0. The van der Waals surface area contributed by atoms with Gasteiger partial charge in [0.1, 0.15) is 11.6 Å². The van der Waals surface area contributed by atoms with E-state index in [0.29, 0.717) is 11.6 Å². The Labute approximate surface area is 94.7 Å². The molecule has 3 N–H and O–H groups in total. The third-order valence-corrected chi connectivity index (χ3v) is 2.53. The highest BCUT2D eigenvalue weighted by Crippen LogP contribution is 2.18. The summed E-state index contributed by atoms with van der Waals surface area (Å²) in [6.07, 6.45) is 3.69. The first kappa shape index (κ1) is 11.1. The monoisotopic (exact) mass is 222 g/mol. The van der Waals surface area contributed by atoms with E-state index in [4.69, 9.17) is 0 Å². The summed E-state index contributed by atoms with van der Waals surface area (Å²) in [5.41, 5.74) is -0.105. The van der Waals surface area contributed by atoms with E-state index < -0.39 is 0 Å². The molecule has 1 saturated carbocycles. The topological polar surface area (TPSA) is 69.8 Å². The van der Waals surface area contributed by atoms with Crippen molar-refractivity contribution in [2.45, 2.75) is 32.2 Å². The summed E-state index contributed by atoms with van der Waals surface area (Å²) in [5, 5.41) is 6.59. The van der Waals surface area contributed by atoms with Gasteiger partial charge in [-0.1, -0.05) is 0 Å². The van der Waals surface area contributed by atoms with Crippen molar-refractivity contribution in [3.63, 3.8) is 0 Å². The fourth-order valence-electron chi connectivity index (χ4n) is 1.57. The maximum Gasteiger partial charge on any atom is 0.252 e. The molecule has 0 bridgehead atoms. The number of nitrogens with one attached hydrogen (secondary N) is 3. The van der Waals surface area contributed by atoms with Gasteiger partial charge in [-0.25, -0.2) is 4.98 Å². The third kappa shape index (κ3) is 3.66. The Bertz CT molecular complexity index is 397. The van der Waals surface area contributed by atoms with Gasteiger partial charge < -0.3 is 15.6 Å². The van der Waals surface area contributed by atoms with Crippen LogP contribution >= 0.6 is 0 Å². The number of aryl methyl sites for hydroxylation is 1. The van der Waals surface area contributed by atoms with Crippen LogP contribution < -0.4 is 16.2 Å². The maximum absolute atomic E-state index is 11.1. The molecule has 0 radical (unpaired) electrons. The van der Waals surface area contributed by atoms with Crippen LogP contribution in [0.15, 0.2) is 10.9 Å². The summed E-state index contributed by atoms with van der Waals surface area (Å²) >= 11 is 0. The number of rotatable bonds is 6. The summed E-state index contributed by atoms with van der Waals surface area (Å²) in [7, 11) is 0. The van der Waals surface area contributed by atoms with Crippen molar-refractivity contribution in [1.82, 2.24) is 15.3 Å². The molecule has 5 heteroatoms. The maximum atomic E-state index is 11.1. The first-order valence-corrected chi connectivity index (χ1v) is 5.79. The number of anilines is 1. The van der Waals surface area contributed by atoms with Gasteiger partial charge in [-0.05, 0) is 32.7 Å². The first-order chi connectivity index (χ1) is 7.74. The van der Waals surface area contributed by atoms with E-state index in [1.54, 1.807) is 6.92 Å². The quantitative estimate of drug-likeness (QED) is 0.618. The fourth-order valence-corrected chi connectivity index (χ4v) is 1.57. The lowest BCUT2D eigenvalue weighted by Gasteiger charge is -2.06. The van der Waals surface area contributed by atoms with E-state index in [1.807, 2.05) is 0 Å². The second-order valence-electron chi connectivity index (χ2n) is 4.22. The molecule has 0 amide bonds. The van der Waals surface area contributed by atoms with Crippen LogP contribution in [0.4, 0.5) is 5.82 Å². The number of nitrogens with zero attached hydrogens (tertiary/aromatic N) is 1. The molecule has 0 saturated heterocycles. The predicted molar refractivity (Wildman–Crippen MR) is 63.7 cm³/mol. The van der Waals surface area contributed by atoms with E-state index in [0.717, 1.165) is 25.6 Å². The molecule has 88 valence electrons. The summed E-state index contributed by atoms with van der Waals surface area (Å²) in [5.74, 6) is 1.30. The van der Waals surface area contributed by atoms with Crippen molar-refractivity contribution in [1.29, 1.82) is 0 Å². The van der Waals surface area contributed by atoms with Gasteiger partial charge >= 0.3 is 0 Å². The van der Waals surface area contributed by atoms with Crippen molar-refractivity contribution >= 4 is 5.82 Å². The van der Waals surface area contributed by atoms with E-state index in [1.165, 1.54) is 18.9 Å². The van der Waals surface area contributed by atoms with Gasteiger partial charge in [0, 0.05) is 18.7 Å². The molecule has 16 heavy (non-hydrogen) atoms. The summed E-state index contributed by atoms with van der Waals surface area (Å²) in [6, 6.07) is 2.25. The van der Waals surface area contributed by atoms with Crippen molar-refractivity contribution in [3.8, 4) is 0 Å². The molecule has 1 aliphatic rings. The summed E-state index contributed by atoms with van der Waals surface area (Å²) < 4.78 is 0. The van der Waals surface area contributed by atoms with Crippen molar-refractivity contribution in [2.24, 2.45) is 0 Å². The molecule has 0 aliphatic heterocycles. The van der Waals surface area contributed by atoms with Gasteiger partial charge in [0.25, 0.3) is 5.56 Å². The Hall–Kier alpha value is -1.36. The molecular weight excluding hydrogens is 204 g/mol. The second kappa shape index (κ2) is 5.12. The zero-order valence-corrected chi connectivity index (χ0v) is 9.55. The standard InChI is InChI=1S/C11H18N4O/c1-8-14-10(7-11(16)15-8)13-6-2-5-12-9-3-4-9/h7,9,12H,2-6H2,1H3,(H2,13,14,15,16). The van der Waals surface area contributed by atoms with Crippen LogP contribution in [0.3, 0.4) is 0 Å². The Morgan fingerprint density at radius 2 is 2.31 bits per heavy atom. The Morgan fingerprint density at radius 1 is 1.50 bits per heavy atom. The van der Waals surface area contributed by atoms with E-state index in [9.17, 15) is 4.79 Å². The number of aromatic amines is 1. The van der Waals surface area contributed by atoms with Gasteiger partial charge in [-0.15, -0.1) is 0 Å². The molecule has 1 heterocycles. The summed E-state index contributed by atoms with van der Waals surface area (Å²) in [6.45, 7) is 3.65. The van der Waals surface area contributed by atoms with Crippen LogP contribution in [0.2, 0.25) is 0 Å². The van der Waals surface area contributed by atoms with Crippen LogP contribution in [0.25, 0.3) is 0 Å². The molecule has 0 aromatic carbocycles. The van der Waals surface area contributed by atoms with Crippen molar-refractivity contribution < 1.29 is 0 Å². The molecule has 1 aliphatic carbocycles. The minimum absolute atomic E-state index is 0.105. The molecule has 0 spiro atoms. The van der Waals surface area contributed by atoms with Crippen LogP contribution in [-0.2, 0) is 0 Å². The predicted octanol–water partition coefficient (Wildman–Crippen LogP) is 0.632. The number of aromatic nitrogens is 2. The van der Waals surface area contributed by atoms with E-state index in [-0.39, 0.29) is 5.56 Å². The average Bonchev–Trinajstić information content (AvgIpc) is 2.99.